The van der Waals surface area contributed by atoms with E-state index in [9.17, 15) is 0 Å². The van der Waals surface area contributed by atoms with Crippen molar-refractivity contribution in [3.63, 3.8) is 0 Å². The maximum atomic E-state index is 6.01. The molecule has 5 heteroatoms. The van der Waals surface area contributed by atoms with Crippen LogP contribution in [0.1, 0.15) is 37.7 Å². The average Bonchev–Trinajstić information content (AvgIpc) is 2.49. The van der Waals surface area contributed by atoms with Crippen LogP contribution >= 0.6 is 0 Å². The van der Waals surface area contributed by atoms with Crippen LogP contribution in [0, 0.1) is 6.92 Å². The summed E-state index contributed by atoms with van der Waals surface area (Å²) in [6.07, 6.45) is 3.16. The second kappa shape index (κ2) is 7.02. The molecule has 0 amide bonds. The summed E-state index contributed by atoms with van der Waals surface area (Å²) >= 11 is 0. The van der Waals surface area contributed by atoms with Gasteiger partial charge < -0.3 is 10.1 Å². The molecule has 0 aliphatic heterocycles. The Morgan fingerprint density at radius 3 is 2.57 bits per heavy atom. The van der Waals surface area contributed by atoms with Gasteiger partial charge in [0.1, 0.15) is 12.1 Å². The van der Waals surface area contributed by atoms with Crippen molar-refractivity contribution in [2.75, 3.05) is 11.9 Å². The molecule has 0 aliphatic carbocycles. The van der Waals surface area contributed by atoms with Crippen molar-refractivity contribution in [3.05, 3.63) is 35.4 Å². The average molecular weight is 286 g/mol. The highest BCUT2D eigenvalue weighted by Gasteiger charge is 2.13. The fraction of sp³-hybridized carbons (Fsp3) is 0.438. The van der Waals surface area contributed by atoms with Crippen molar-refractivity contribution in [1.82, 2.24) is 15.0 Å². The number of nitrogens with one attached hydrogen (secondary N) is 1. The molecule has 0 aliphatic rings. The molecule has 0 radical (unpaired) electrons. The van der Waals surface area contributed by atoms with E-state index in [1.807, 2.05) is 26.0 Å². The molecular weight excluding hydrogens is 264 g/mol. The Morgan fingerprint density at radius 1 is 1.10 bits per heavy atom. The van der Waals surface area contributed by atoms with Crippen LogP contribution in [-0.4, -0.2) is 21.5 Å². The van der Waals surface area contributed by atoms with Crippen LogP contribution in [0.3, 0.4) is 0 Å². The maximum Gasteiger partial charge on any atom is 0.227 e. The van der Waals surface area contributed by atoms with E-state index < -0.39 is 0 Å². The lowest BCUT2D eigenvalue weighted by Crippen LogP contribution is -2.06. The first kappa shape index (κ1) is 15.2. The maximum absolute atomic E-state index is 6.01. The van der Waals surface area contributed by atoms with E-state index in [0.717, 1.165) is 47.9 Å². The molecule has 21 heavy (non-hydrogen) atoms. The molecule has 2 aromatic heterocycles. The van der Waals surface area contributed by atoms with Gasteiger partial charge in [-0.15, -0.1) is 0 Å². The predicted molar refractivity (Wildman–Crippen MR) is 84.0 cm³/mol. The lowest BCUT2D eigenvalue weighted by Gasteiger charge is -2.14. The lowest BCUT2D eigenvalue weighted by molar-refractivity contribution is 0.447. The molecule has 0 unspecified atom stereocenters. The Balaban J connectivity index is 2.37. The number of aromatic nitrogens is 3. The van der Waals surface area contributed by atoms with Crippen LogP contribution in [0.25, 0.3) is 0 Å². The molecular formula is C16H22N4O. The Morgan fingerprint density at radius 2 is 1.90 bits per heavy atom. The molecule has 0 saturated heterocycles. The number of pyridine rings is 1. The summed E-state index contributed by atoms with van der Waals surface area (Å²) in [4.78, 5) is 13.1. The van der Waals surface area contributed by atoms with Gasteiger partial charge in [0.2, 0.25) is 5.88 Å². The van der Waals surface area contributed by atoms with Crippen LogP contribution in [0.2, 0.25) is 0 Å². The van der Waals surface area contributed by atoms with Crippen molar-refractivity contribution in [1.29, 1.82) is 0 Å². The number of rotatable bonds is 6. The smallest absolute Gasteiger partial charge is 0.227 e. The molecule has 0 atom stereocenters. The molecule has 1 N–H and O–H groups in total. The van der Waals surface area contributed by atoms with E-state index in [-0.39, 0.29) is 0 Å². The second-order valence-corrected chi connectivity index (χ2v) is 4.74. The normalized spacial score (nSPS) is 10.5. The number of anilines is 1. The minimum absolute atomic E-state index is 0.601. The number of aryl methyl sites for hydroxylation is 2. The fourth-order valence-corrected chi connectivity index (χ4v) is 2.17. The van der Waals surface area contributed by atoms with Gasteiger partial charge >= 0.3 is 0 Å². The topological polar surface area (TPSA) is 59.9 Å². The number of hydrogen-bond donors (Lipinski definition) is 1. The first-order chi connectivity index (χ1) is 10.2. The van der Waals surface area contributed by atoms with Gasteiger partial charge in [0, 0.05) is 12.2 Å². The molecule has 2 rings (SSSR count). The third-order valence-corrected chi connectivity index (χ3v) is 3.22. The highest BCUT2D eigenvalue weighted by atomic mass is 16.5. The van der Waals surface area contributed by atoms with Crippen LogP contribution in [0.5, 0.6) is 11.6 Å². The van der Waals surface area contributed by atoms with Crippen LogP contribution in [0.15, 0.2) is 18.5 Å². The molecule has 2 heterocycles. The number of hydrogen-bond acceptors (Lipinski definition) is 5. The predicted octanol–water partition coefficient (Wildman–Crippen LogP) is 3.53. The van der Waals surface area contributed by atoms with E-state index in [1.54, 1.807) is 0 Å². The van der Waals surface area contributed by atoms with E-state index in [0.29, 0.717) is 5.88 Å². The first-order valence-corrected chi connectivity index (χ1v) is 7.41. The zero-order valence-electron chi connectivity index (χ0n) is 13.1. The Labute approximate surface area is 125 Å². The summed E-state index contributed by atoms with van der Waals surface area (Å²) in [5, 5.41) is 3.24. The van der Waals surface area contributed by atoms with Gasteiger partial charge in [0.25, 0.3) is 0 Å². The van der Waals surface area contributed by atoms with Gasteiger partial charge in [-0.05, 0) is 38.8 Å². The van der Waals surface area contributed by atoms with Crippen molar-refractivity contribution in [2.45, 2.75) is 40.5 Å². The summed E-state index contributed by atoms with van der Waals surface area (Å²) in [7, 11) is 0. The quantitative estimate of drug-likeness (QED) is 0.880. The van der Waals surface area contributed by atoms with E-state index in [2.05, 4.69) is 34.1 Å². The first-order valence-electron chi connectivity index (χ1n) is 7.41. The highest BCUT2D eigenvalue weighted by Crippen LogP contribution is 2.29. The number of ether oxygens (including phenoxy) is 1. The summed E-state index contributed by atoms with van der Waals surface area (Å²) in [5.74, 6) is 2.20. The van der Waals surface area contributed by atoms with Crippen LogP contribution < -0.4 is 10.1 Å². The summed E-state index contributed by atoms with van der Waals surface area (Å²) in [6, 6.07) is 3.90. The van der Waals surface area contributed by atoms with Gasteiger partial charge in [-0.25, -0.2) is 9.97 Å². The van der Waals surface area contributed by atoms with Crippen molar-refractivity contribution in [3.8, 4) is 11.6 Å². The number of nitrogens with zero attached hydrogens (tertiary/aromatic N) is 3. The standard InChI is InChI=1S/C16H22N4O/c1-5-12-15(17-7-3)18-10-19-16(12)21-14-9-8-11(4)20-13(14)6-2/h8-10H,5-7H2,1-4H3,(H,17,18,19). The van der Waals surface area contributed by atoms with Crippen molar-refractivity contribution < 1.29 is 4.74 Å². The molecule has 0 aromatic carbocycles. The molecule has 0 bridgehead atoms. The molecule has 0 spiro atoms. The van der Waals surface area contributed by atoms with Gasteiger partial charge in [-0.1, -0.05) is 13.8 Å². The third kappa shape index (κ3) is 3.48. The third-order valence-electron chi connectivity index (χ3n) is 3.22. The van der Waals surface area contributed by atoms with Crippen molar-refractivity contribution >= 4 is 5.82 Å². The van der Waals surface area contributed by atoms with E-state index >= 15 is 0 Å². The largest absolute Gasteiger partial charge is 0.437 e. The minimum Gasteiger partial charge on any atom is -0.437 e. The van der Waals surface area contributed by atoms with Crippen LogP contribution in [-0.2, 0) is 12.8 Å². The summed E-state index contributed by atoms with van der Waals surface area (Å²) in [6.45, 7) is 8.98. The van der Waals surface area contributed by atoms with Gasteiger partial charge in [0.05, 0.1) is 11.3 Å². The van der Waals surface area contributed by atoms with Gasteiger partial charge in [0.15, 0.2) is 5.75 Å². The zero-order valence-corrected chi connectivity index (χ0v) is 13.1. The molecule has 2 aromatic rings. The Hall–Kier alpha value is -2.17. The minimum atomic E-state index is 0.601. The molecule has 112 valence electrons. The van der Waals surface area contributed by atoms with Crippen molar-refractivity contribution in [2.24, 2.45) is 0 Å². The molecule has 0 saturated carbocycles. The summed E-state index contributed by atoms with van der Waals surface area (Å²) in [5.41, 5.74) is 2.92. The fourth-order valence-electron chi connectivity index (χ4n) is 2.17. The molecule has 5 nitrogen and oxygen atoms in total. The Bertz CT molecular complexity index is 613. The zero-order chi connectivity index (χ0) is 15.2. The van der Waals surface area contributed by atoms with E-state index in [1.165, 1.54) is 6.33 Å². The Kier molecular flexibility index (Phi) is 5.09. The molecule has 0 fully saturated rings. The van der Waals surface area contributed by atoms with E-state index in [4.69, 9.17) is 4.74 Å². The van der Waals surface area contributed by atoms with Crippen LogP contribution in [0.4, 0.5) is 5.82 Å². The summed E-state index contributed by atoms with van der Waals surface area (Å²) < 4.78 is 6.01. The van der Waals surface area contributed by atoms with Gasteiger partial charge in [-0.3, -0.25) is 4.98 Å². The lowest BCUT2D eigenvalue weighted by atomic mass is 10.2. The second-order valence-electron chi connectivity index (χ2n) is 4.74. The SMILES string of the molecule is CCNc1ncnc(Oc2ccc(C)nc2CC)c1CC. The van der Waals surface area contributed by atoms with Gasteiger partial charge in [-0.2, -0.15) is 0 Å². The monoisotopic (exact) mass is 286 g/mol. The highest BCUT2D eigenvalue weighted by molar-refractivity contribution is 5.50.